The molecule has 0 spiro atoms. The minimum Gasteiger partial charge on any atom is -0.483 e. The number of fused-ring (bicyclic) bond motifs is 7. The van der Waals surface area contributed by atoms with Gasteiger partial charge in [0.25, 0.3) is 0 Å². The first-order valence-electron chi connectivity index (χ1n) is 7.72. The van der Waals surface area contributed by atoms with Crippen LogP contribution in [0.25, 0.3) is 0 Å². The molecule has 0 radical (unpaired) electrons. The van der Waals surface area contributed by atoms with Crippen LogP contribution in [0, 0.1) is 39.9 Å². The van der Waals surface area contributed by atoms with Gasteiger partial charge >= 0.3 is 0 Å². The van der Waals surface area contributed by atoms with Gasteiger partial charge in [-0.05, 0) is 46.5 Å². The normalized spacial score (nSPS) is 62.1. The third kappa shape index (κ3) is 0.742. The SMILES string of the molecule is CCC12C(C)C(C)C(C)(C3C=C4OC4C31)C2(C)C. The van der Waals surface area contributed by atoms with Gasteiger partial charge in [-0.2, -0.15) is 0 Å². The van der Waals surface area contributed by atoms with Gasteiger partial charge in [0.2, 0.25) is 0 Å². The molecule has 0 aromatic heterocycles. The first kappa shape index (κ1) is 11.4. The van der Waals surface area contributed by atoms with E-state index in [0.29, 0.717) is 22.3 Å². The Balaban J connectivity index is 1.98. The zero-order chi connectivity index (χ0) is 13.1. The first-order chi connectivity index (χ1) is 8.34. The van der Waals surface area contributed by atoms with Crippen LogP contribution in [0.5, 0.6) is 0 Å². The molecule has 2 bridgehead atoms. The van der Waals surface area contributed by atoms with Crippen molar-refractivity contribution in [2.24, 2.45) is 39.9 Å². The van der Waals surface area contributed by atoms with Gasteiger partial charge in [0, 0.05) is 5.92 Å². The van der Waals surface area contributed by atoms with E-state index in [1.807, 2.05) is 0 Å². The quantitative estimate of drug-likeness (QED) is 0.630. The van der Waals surface area contributed by atoms with Crippen molar-refractivity contribution in [3.05, 3.63) is 11.8 Å². The molecule has 7 unspecified atom stereocenters. The van der Waals surface area contributed by atoms with E-state index >= 15 is 0 Å². The van der Waals surface area contributed by atoms with Crippen molar-refractivity contribution < 1.29 is 4.74 Å². The molecule has 0 aromatic rings. The topological polar surface area (TPSA) is 12.5 Å². The van der Waals surface area contributed by atoms with Crippen LogP contribution in [0.4, 0.5) is 0 Å². The molecular formula is C17H26O. The molecule has 1 heterocycles. The van der Waals surface area contributed by atoms with Crippen molar-refractivity contribution in [3.63, 3.8) is 0 Å². The second-order valence-corrected chi connectivity index (χ2v) is 8.04. The Morgan fingerprint density at radius 2 is 1.83 bits per heavy atom. The summed E-state index contributed by atoms with van der Waals surface area (Å²) in [5.74, 6) is 4.51. The van der Waals surface area contributed by atoms with Crippen molar-refractivity contribution in [3.8, 4) is 0 Å². The van der Waals surface area contributed by atoms with E-state index in [2.05, 4.69) is 47.6 Å². The number of allylic oxidation sites excluding steroid dienone is 1. The standard InChI is InChI=1S/C17H26O/c1-7-17-10(3)9(2)16(6,15(17,4)5)11-8-12-14(18-12)13(11)17/h8-11,13-14H,7H2,1-6H3. The fraction of sp³-hybridized carbons (Fsp3) is 0.882. The van der Waals surface area contributed by atoms with Gasteiger partial charge in [0.05, 0.1) is 0 Å². The zero-order valence-corrected chi connectivity index (χ0v) is 12.6. The summed E-state index contributed by atoms with van der Waals surface area (Å²) in [6, 6.07) is 0. The highest BCUT2D eigenvalue weighted by atomic mass is 16.6. The van der Waals surface area contributed by atoms with Crippen molar-refractivity contribution in [2.75, 3.05) is 0 Å². The van der Waals surface area contributed by atoms with Crippen LogP contribution in [-0.2, 0) is 4.74 Å². The lowest BCUT2D eigenvalue weighted by molar-refractivity contribution is -0.00398. The summed E-state index contributed by atoms with van der Waals surface area (Å²) < 4.78 is 5.83. The van der Waals surface area contributed by atoms with Crippen LogP contribution in [0.1, 0.15) is 48.0 Å². The second kappa shape index (κ2) is 2.69. The van der Waals surface area contributed by atoms with Gasteiger partial charge in [-0.1, -0.05) is 41.5 Å². The number of rotatable bonds is 1. The van der Waals surface area contributed by atoms with E-state index in [1.165, 1.54) is 12.2 Å². The minimum atomic E-state index is 0.427. The molecule has 1 nitrogen and oxygen atoms in total. The molecule has 3 fully saturated rings. The summed E-state index contributed by atoms with van der Waals surface area (Å²) in [5.41, 5.74) is 1.36. The molecule has 2 saturated carbocycles. The van der Waals surface area contributed by atoms with Gasteiger partial charge in [-0.3, -0.25) is 0 Å². The summed E-state index contributed by atoms with van der Waals surface area (Å²) in [4.78, 5) is 0. The lowest BCUT2D eigenvalue weighted by Crippen LogP contribution is -2.44. The van der Waals surface area contributed by atoms with E-state index in [4.69, 9.17) is 4.74 Å². The molecule has 7 atom stereocenters. The molecule has 18 heavy (non-hydrogen) atoms. The Hall–Kier alpha value is -0.460. The molecule has 0 aromatic carbocycles. The highest BCUT2D eigenvalue weighted by molar-refractivity contribution is 5.39. The van der Waals surface area contributed by atoms with Gasteiger partial charge in [-0.15, -0.1) is 0 Å². The molecule has 3 aliphatic carbocycles. The molecule has 1 aliphatic heterocycles. The van der Waals surface area contributed by atoms with Crippen LogP contribution >= 0.6 is 0 Å². The summed E-state index contributed by atoms with van der Waals surface area (Å²) in [7, 11) is 0. The lowest BCUT2D eigenvalue weighted by Gasteiger charge is -2.46. The van der Waals surface area contributed by atoms with E-state index < -0.39 is 0 Å². The van der Waals surface area contributed by atoms with Gasteiger partial charge in [0.1, 0.15) is 5.76 Å². The maximum absolute atomic E-state index is 5.83. The number of hydrogen-bond acceptors (Lipinski definition) is 1. The van der Waals surface area contributed by atoms with E-state index in [-0.39, 0.29) is 0 Å². The summed E-state index contributed by atoms with van der Waals surface area (Å²) in [5, 5.41) is 0. The predicted molar refractivity (Wildman–Crippen MR) is 72.9 cm³/mol. The Kier molecular flexibility index (Phi) is 1.70. The van der Waals surface area contributed by atoms with Crippen LogP contribution in [0.2, 0.25) is 0 Å². The monoisotopic (exact) mass is 246 g/mol. The maximum Gasteiger partial charge on any atom is 0.159 e. The Morgan fingerprint density at radius 3 is 2.44 bits per heavy atom. The summed E-state index contributed by atoms with van der Waals surface area (Å²) >= 11 is 0. The van der Waals surface area contributed by atoms with Gasteiger partial charge < -0.3 is 4.74 Å². The highest BCUT2D eigenvalue weighted by Gasteiger charge is 2.82. The van der Waals surface area contributed by atoms with Crippen LogP contribution in [0.15, 0.2) is 11.8 Å². The molecule has 4 aliphatic rings. The van der Waals surface area contributed by atoms with Crippen molar-refractivity contribution in [1.82, 2.24) is 0 Å². The molecular weight excluding hydrogens is 220 g/mol. The third-order valence-corrected chi connectivity index (χ3v) is 8.43. The van der Waals surface area contributed by atoms with Crippen LogP contribution < -0.4 is 0 Å². The van der Waals surface area contributed by atoms with Crippen molar-refractivity contribution >= 4 is 0 Å². The molecule has 4 rings (SSSR count). The van der Waals surface area contributed by atoms with E-state index in [9.17, 15) is 0 Å². The molecule has 1 saturated heterocycles. The second-order valence-electron chi connectivity index (χ2n) is 8.04. The summed E-state index contributed by atoms with van der Waals surface area (Å²) in [6.07, 6.45) is 4.30. The number of epoxide rings is 1. The molecule has 0 amide bonds. The van der Waals surface area contributed by atoms with E-state index in [0.717, 1.165) is 23.7 Å². The smallest absolute Gasteiger partial charge is 0.159 e. The Morgan fingerprint density at radius 1 is 1.17 bits per heavy atom. The third-order valence-electron chi connectivity index (χ3n) is 8.43. The average Bonchev–Trinajstić information content (AvgIpc) is 2.93. The zero-order valence-electron chi connectivity index (χ0n) is 12.6. The van der Waals surface area contributed by atoms with Crippen molar-refractivity contribution in [1.29, 1.82) is 0 Å². The summed E-state index contributed by atoms with van der Waals surface area (Å²) in [6.45, 7) is 15.1. The van der Waals surface area contributed by atoms with E-state index in [1.54, 1.807) is 0 Å². The number of ether oxygens (including phenoxy) is 1. The highest BCUT2D eigenvalue weighted by Crippen LogP contribution is 2.84. The number of hydrogen-bond donors (Lipinski definition) is 0. The van der Waals surface area contributed by atoms with Crippen molar-refractivity contribution in [2.45, 2.75) is 54.1 Å². The molecule has 1 heteroatoms. The fourth-order valence-corrected chi connectivity index (χ4v) is 7.15. The van der Waals surface area contributed by atoms with Gasteiger partial charge in [0.15, 0.2) is 6.10 Å². The van der Waals surface area contributed by atoms with Gasteiger partial charge in [-0.25, -0.2) is 0 Å². The lowest BCUT2D eigenvalue weighted by atomic mass is 9.57. The first-order valence-corrected chi connectivity index (χ1v) is 7.72. The minimum absolute atomic E-state index is 0.427. The Bertz CT molecular complexity index is 462. The van der Waals surface area contributed by atoms with Crippen LogP contribution in [-0.4, -0.2) is 6.10 Å². The average molecular weight is 246 g/mol. The molecule has 100 valence electrons. The molecule has 0 N–H and O–H groups in total. The Labute approximate surface area is 111 Å². The van der Waals surface area contributed by atoms with Crippen LogP contribution in [0.3, 0.4) is 0 Å². The largest absolute Gasteiger partial charge is 0.483 e. The predicted octanol–water partition coefficient (Wildman–Crippen LogP) is 4.24. The maximum atomic E-state index is 5.83. The fourth-order valence-electron chi connectivity index (χ4n) is 7.15.